The van der Waals surface area contributed by atoms with Gasteiger partial charge in [0, 0.05) is 15.7 Å². The van der Waals surface area contributed by atoms with E-state index in [-0.39, 0.29) is 5.91 Å². The van der Waals surface area contributed by atoms with Gasteiger partial charge in [-0.05, 0) is 36.4 Å². The average molecular weight is 407 g/mol. The van der Waals surface area contributed by atoms with Crippen molar-refractivity contribution in [2.45, 2.75) is 0 Å². The van der Waals surface area contributed by atoms with E-state index in [1.165, 1.54) is 7.11 Å². The highest BCUT2D eigenvalue weighted by Gasteiger charge is 2.12. The summed E-state index contributed by atoms with van der Waals surface area (Å²) in [5.74, 6) is 0.251. The predicted molar refractivity (Wildman–Crippen MR) is 97.7 cm³/mol. The van der Waals surface area contributed by atoms with E-state index in [1.54, 1.807) is 24.3 Å². The van der Waals surface area contributed by atoms with Gasteiger partial charge in [-0.2, -0.15) is 5.10 Å². The summed E-state index contributed by atoms with van der Waals surface area (Å²) in [5.41, 5.74) is 2.55. The SMILES string of the molecule is COc1ccc(NC(=O)c2cc(-c3ccc(Br)cc3)n[nH]2)cc1Cl. The van der Waals surface area contributed by atoms with Gasteiger partial charge in [-0.3, -0.25) is 9.89 Å². The molecule has 2 aromatic carbocycles. The molecule has 0 aliphatic carbocycles. The lowest BCUT2D eigenvalue weighted by Crippen LogP contribution is -2.12. The molecule has 122 valence electrons. The molecule has 0 fully saturated rings. The predicted octanol–water partition coefficient (Wildman–Crippen LogP) is 4.75. The van der Waals surface area contributed by atoms with Gasteiger partial charge >= 0.3 is 0 Å². The van der Waals surface area contributed by atoms with E-state index in [2.05, 4.69) is 31.4 Å². The fourth-order valence-corrected chi connectivity index (χ4v) is 2.67. The third-order valence-corrected chi connectivity index (χ3v) is 4.20. The number of aromatic amines is 1. The number of H-pyrrole nitrogens is 1. The van der Waals surface area contributed by atoms with Crippen molar-refractivity contribution >= 4 is 39.1 Å². The highest BCUT2D eigenvalue weighted by Crippen LogP contribution is 2.27. The second-order valence-corrected chi connectivity index (χ2v) is 6.30. The second kappa shape index (κ2) is 7.07. The zero-order chi connectivity index (χ0) is 17.1. The Morgan fingerprint density at radius 1 is 1.21 bits per heavy atom. The number of hydrogen-bond acceptors (Lipinski definition) is 3. The molecular weight excluding hydrogens is 394 g/mol. The second-order valence-electron chi connectivity index (χ2n) is 4.98. The van der Waals surface area contributed by atoms with Gasteiger partial charge in [-0.25, -0.2) is 0 Å². The van der Waals surface area contributed by atoms with Gasteiger partial charge in [-0.1, -0.05) is 39.7 Å². The molecule has 0 aliphatic heterocycles. The van der Waals surface area contributed by atoms with Gasteiger partial charge < -0.3 is 10.1 Å². The lowest BCUT2D eigenvalue weighted by Gasteiger charge is -2.07. The maximum absolute atomic E-state index is 12.3. The maximum Gasteiger partial charge on any atom is 0.273 e. The fourth-order valence-electron chi connectivity index (χ4n) is 2.15. The van der Waals surface area contributed by atoms with E-state index < -0.39 is 0 Å². The minimum atomic E-state index is -0.299. The van der Waals surface area contributed by atoms with Crippen molar-refractivity contribution in [1.82, 2.24) is 10.2 Å². The van der Waals surface area contributed by atoms with Crippen molar-refractivity contribution in [3.8, 4) is 17.0 Å². The number of carbonyl (C=O) groups is 1. The zero-order valence-corrected chi connectivity index (χ0v) is 15.0. The van der Waals surface area contributed by atoms with E-state index in [0.717, 1.165) is 10.0 Å². The summed E-state index contributed by atoms with van der Waals surface area (Å²) in [4.78, 5) is 12.3. The summed E-state index contributed by atoms with van der Waals surface area (Å²) in [6.07, 6.45) is 0. The summed E-state index contributed by atoms with van der Waals surface area (Å²) in [5, 5.41) is 10.1. The molecule has 7 heteroatoms. The molecule has 0 bridgehead atoms. The van der Waals surface area contributed by atoms with Crippen LogP contribution in [0, 0.1) is 0 Å². The molecule has 0 radical (unpaired) electrons. The van der Waals surface area contributed by atoms with Gasteiger partial charge in [0.05, 0.1) is 17.8 Å². The van der Waals surface area contributed by atoms with Gasteiger partial charge in [0.2, 0.25) is 0 Å². The molecular formula is C17H13BrClN3O2. The van der Waals surface area contributed by atoms with Crippen LogP contribution in [0.5, 0.6) is 5.75 Å². The van der Waals surface area contributed by atoms with Crippen LogP contribution in [0.2, 0.25) is 5.02 Å². The molecule has 0 saturated carbocycles. The van der Waals surface area contributed by atoms with Crippen LogP contribution in [0.3, 0.4) is 0 Å². The summed E-state index contributed by atoms with van der Waals surface area (Å²) in [7, 11) is 1.54. The van der Waals surface area contributed by atoms with Crippen molar-refractivity contribution in [3.63, 3.8) is 0 Å². The van der Waals surface area contributed by atoms with Gasteiger partial charge in [0.25, 0.3) is 5.91 Å². The first-order valence-corrected chi connectivity index (χ1v) is 8.20. The number of rotatable bonds is 4. The molecule has 0 aliphatic rings. The Morgan fingerprint density at radius 2 is 1.96 bits per heavy atom. The molecule has 24 heavy (non-hydrogen) atoms. The molecule has 2 N–H and O–H groups in total. The first-order valence-electron chi connectivity index (χ1n) is 7.03. The summed E-state index contributed by atoms with van der Waals surface area (Å²) in [6.45, 7) is 0. The summed E-state index contributed by atoms with van der Waals surface area (Å²) < 4.78 is 6.07. The molecule has 0 atom stereocenters. The normalized spacial score (nSPS) is 10.5. The minimum absolute atomic E-state index is 0.299. The van der Waals surface area contributed by atoms with Gasteiger partial charge in [0.15, 0.2) is 0 Å². The Bertz CT molecular complexity index is 878. The largest absolute Gasteiger partial charge is 0.495 e. The van der Waals surface area contributed by atoms with Crippen molar-refractivity contribution in [2.75, 3.05) is 12.4 Å². The van der Waals surface area contributed by atoms with Crippen LogP contribution in [0.25, 0.3) is 11.3 Å². The van der Waals surface area contributed by atoms with Crippen molar-refractivity contribution in [2.24, 2.45) is 0 Å². The first-order chi connectivity index (χ1) is 11.6. The lowest BCUT2D eigenvalue weighted by atomic mass is 10.1. The Morgan fingerprint density at radius 3 is 2.62 bits per heavy atom. The minimum Gasteiger partial charge on any atom is -0.495 e. The van der Waals surface area contributed by atoms with E-state index in [9.17, 15) is 4.79 Å². The monoisotopic (exact) mass is 405 g/mol. The van der Waals surface area contributed by atoms with Crippen LogP contribution in [0.1, 0.15) is 10.5 Å². The molecule has 3 aromatic rings. The number of nitrogens with zero attached hydrogens (tertiary/aromatic N) is 1. The number of benzene rings is 2. The number of hydrogen-bond donors (Lipinski definition) is 2. The summed E-state index contributed by atoms with van der Waals surface area (Å²) >= 11 is 9.44. The van der Waals surface area contributed by atoms with Crippen molar-refractivity contribution in [1.29, 1.82) is 0 Å². The van der Waals surface area contributed by atoms with E-state index in [0.29, 0.717) is 27.8 Å². The molecule has 0 unspecified atom stereocenters. The van der Waals surface area contributed by atoms with Crippen molar-refractivity contribution in [3.05, 3.63) is 63.7 Å². The Hall–Kier alpha value is -2.31. The number of anilines is 1. The van der Waals surface area contributed by atoms with E-state index in [1.807, 2.05) is 24.3 Å². The molecule has 1 amide bonds. The van der Waals surface area contributed by atoms with E-state index in [4.69, 9.17) is 16.3 Å². The topological polar surface area (TPSA) is 67.0 Å². The number of amides is 1. The first kappa shape index (κ1) is 16.5. The number of ether oxygens (including phenoxy) is 1. The molecule has 0 spiro atoms. The number of methoxy groups -OCH3 is 1. The van der Waals surface area contributed by atoms with Crippen LogP contribution < -0.4 is 10.1 Å². The third-order valence-electron chi connectivity index (χ3n) is 3.37. The number of nitrogens with one attached hydrogen (secondary N) is 2. The molecule has 1 heterocycles. The number of halogens is 2. The fraction of sp³-hybridized carbons (Fsp3) is 0.0588. The molecule has 3 rings (SSSR count). The highest BCUT2D eigenvalue weighted by atomic mass is 79.9. The van der Waals surface area contributed by atoms with Gasteiger partial charge in [0.1, 0.15) is 11.4 Å². The van der Waals surface area contributed by atoms with Crippen LogP contribution in [-0.2, 0) is 0 Å². The van der Waals surface area contributed by atoms with E-state index >= 15 is 0 Å². The Balaban J connectivity index is 1.76. The van der Waals surface area contributed by atoms with Crippen LogP contribution in [0.15, 0.2) is 53.0 Å². The molecule has 5 nitrogen and oxygen atoms in total. The van der Waals surface area contributed by atoms with Crippen LogP contribution in [0.4, 0.5) is 5.69 Å². The quantitative estimate of drug-likeness (QED) is 0.657. The lowest BCUT2D eigenvalue weighted by molar-refractivity contribution is 0.102. The average Bonchev–Trinajstić information content (AvgIpc) is 3.06. The molecule has 1 aromatic heterocycles. The Labute approximate surface area is 152 Å². The molecule has 0 saturated heterocycles. The van der Waals surface area contributed by atoms with Crippen LogP contribution in [-0.4, -0.2) is 23.2 Å². The maximum atomic E-state index is 12.3. The smallest absolute Gasteiger partial charge is 0.273 e. The summed E-state index contributed by atoms with van der Waals surface area (Å²) in [6, 6.07) is 14.4. The third kappa shape index (κ3) is 3.60. The number of aromatic nitrogens is 2. The number of carbonyl (C=O) groups excluding carboxylic acids is 1. The van der Waals surface area contributed by atoms with Crippen molar-refractivity contribution < 1.29 is 9.53 Å². The highest BCUT2D eigenvalue weighted by molar-refractivity contribution is 9.10. The Kier molecular flexibility index (Phi) is 4.87. The zero-order valence-electron chi connectivity index (χ0n) is 12.6. The van der Waals surface area contributed by atoms with Crippen LogP contribution >= 0.6 is 27.5 Å². The standard InChI is InChI=1S/C17H13BrClN3O2/c1-24-16-7-6-12(8-13(16)19)20-17(23)15-9-14(21-22-15)10-2-4-11(18)5-3-10/h2-9H,1H3,(H,20,23)(H,21,22). The van der Waals surface area contributed by atoms with Gasteiger partial charge in [-0.15, -0.1) is 0 Å².